The average molecular weight is 373 g/mol. The van der Waals surface area contributed by atoms with Gasteiger partial charge in [0.2, 0.25) is 10.0 Å². The van der Waals surface area contributed by atoms with E-state index in [9.17, 15) is 17.2 Å². The molecule has 2 fully saturated rings. The minimum Gasteiger partial charge on any atom is -0.346 e. The van der Waals surface area contributed by atoms with Gasteiger partial charge in [-0.05, 0) is 31.7 Å². The number of sulfonamides is 1. The summed E-state index contributed by atoms with van der Waals surface area (Å²) in [6.07, 6.45) is 3.06. The van der Waals surface area contributed by atoms with Crippen LogP contribution in [0.1, 0.15) is 25.7 Å². The van der Waals surface area contributed by atoms with E-state index in [2.05, 4.69) is 9.71 Å². The molecule has 1 saturated heterocycles. The van der Waals surface area contributed by atoms with E-state index >= 15 is 0 Å². The second-order valence-electron chi connectivity index (χ2n) is 6.38. The van der Waals surface area contributed by atoms with Gasteiger partial charge < -0.3 is 4.90 Å². The highest BCUT2D eigenvalue weighted by Crippen LogP contribution is 2.33. The SMILES string of the molecule is O=S(=O)(NC1CCCN(c2nc3c(F)cc(F)cc3s2)C1)C1CC1. The zero-order chi connectivity index (χ0) is 16.9. The minimum atomic E-state index is -3.23. The maximum Gasteiger partial charge on any atom is 0.214 e. The summed E-state index contributed by atoms with van der Waals surface area (Å²) in [6, 6.07) is 1.93. The molecule has 0 amide bonds. The van der Waals surface area contributed by atoms with E-state index in [1.165, 1.54) is 17.4 Å². The maximum atomic E-state index is 13.8. The van der Waals surface area contributed by atoms with Crippen LogP contribution in [0.25, 0.3) is 10.2 Å². The molecule has 1 unspecified atom stereocenters. The van der Waals surface area contributed by atoms with E-state index in [4.69, 9.17) is 0 Å². The van der Waals surface area contributed by atoms with Crippen LogP contribution in [0.5, 0.6) is 0 Å². The van der Waals surface area contributed by atoms with E-state index in [0.717, 1.165) is 38.3 Å². The molecule has 1 aromatic carbocycles. The number of piperidine rings is 1. The molecule has 2 aromatic rings. The highest BCUT2D eigenvalue weighted by Gasteiger charge is 2.37. The number of nitrogens with zero attached hydrogens (tertiary/aromatic N) is 2. The lowest BCUT2D eigenvalue weighted by Crippen LogP contribution is -2.48. The van der Waals surface area contributed by atoms with Gasteiger partial charge in [0.05, 0.1) is 9.95 Å². The number of anilines is 1. The molecule has 24 heavy (non-hydrogen) atoms. The predicted molar refractivity (Wildman–Crippen MR) is 89.8 cm³/mol. The third-order valence-corrected chi connectivity index (χ3v) is 7.46. The first-order valence-electron chi connectivity index (χ1n) is 7.94. The zero-order valence-electron chi connectivity index (χ0n) is 12.8. The van der Waals surface area contributed by atoms with Crippen LogP contribution in [0.3, 0.4) is 0 Å². The van der Waals surface area contributed by atoms with Gasteiger partial charge in [-0.2, -0.15) is 0 Å². The smallest absolute Gasteiger partial charge is 0.214 e. The lowest BCUT2D eigenvalue weighted by molar-refractivity contribution is 0.465. The predicted octanol–water partition coefficient (Wildman–Crippen LogP) is 2.63. The van der Waals surface area contributed by atoms with Gasteiger partial charge in [-0.3, -0.25) is 0 Å². The average Bonchev–Trinajstić information content (AvgIpc) is 3.28. The fourth-order valence-electron chi connectivity index (χ4n) is 3.03. The molecule has 0 spiro atoms. The van der Waals surface area contributed by atoms with Crippen LogP contribution in [-0.2, 0) is 10.0 Å². The van der Waals surface area contributed by atoms with Crippen molar-refractivity contribution in [2.24, 2.45) is 0 Å². The summed E-state index contributed by atoms with van der Waals surface area (Å²) in [5.74, 6) is -1.29. The minimum absolute atomic E-state index is 0.164. The Kier molecular flexibility index (Phi) is 3.97. The molecule has 1 aliphatic carbocycles. The standard InChI is InChI=1S/C15H17F2N3O2S2/c16-9-6-12(17)14-13(7-9)23-15(18-14)20-5-1-2-10(8-20)19-24(21,22)11-3-4-11/h6-7,10-11,19H,1-5,8H2. The molecule has 130 valence electrons. The third-order valence-electron chi connectivity index (χ3n) is 4.39. The Balaban J connectivity index is 1.54. The summed E-state index contributed by atoms with van der Waals surface area (Å²) >= 11 is 1.23. The van der Waals surface area contributed by atoms with E-state index < -0.39 is 21.7 Å². The molecule has 1 N–H and O–H groups in total. The topological polar surface area (TPSA) is 62.3 Å². The summed E-state index contributed by atoms with van der Waals surface area (Å²) in [5, 5.41) is 0.359. The van der Waals surface area contributed by atoms with Crippen molar-refractivity contribution in [3.63, 3.8) is 0 Å². The van der Waals surface area contributed by atoms with Crippen LogP contribution in [-0.4, -0.2) is 37.8 Å². The van der Waals surface area contributed by atoms with Crippen LogP contribution in [0.15, 0.2) is 12.1 Å². The summed E-state index contributed by atoms with van der Waals surface area (Å²) in [6.45, 7) is 1.22. The molecule has 2 aliphatic rings. The molecule has 0 radical (unpaired) electrons. The number of thiazole rings is 1. The van der Waals surface area contributed by atoms with Gasteiger partial charge in [-0.15, -0.1) is 0 Å². The van der Waals surface area contributed by atoms with Gasteiger partial charge in [0.25, 0.3) is 0 Å². The Morgan fingerprint density at radius 1 is 1.25 bits per heavy atom. The number of rotatable bonds is 4. The van der Waals surface area contributed by atoms with E-state index in [1.807, 2.05) is 4.90 Å². The van der Waals surface area contributed by atoms with Gasteiger partial charge in [0, 0.05) is 25.2 Å². The fourth-order valence-corrected chi connectivity index (χ4v) is 5.68. The van der Waals surface area contributed by atoms with Crippen molar-refractivity contribution < 1.29 is 17.2 Å². The Labute approximate surface area is 142 Å². The molecule has 1 aliphatic heterocycles. The van der Waals surface area contributed by atoms with Crippen molar-refractivity contribution in [3.8, 4) is 0 Å². The number of fused-ring (bicyclic) bond motifs is 1. The Morgan fingerprint density at radius 2 is 2.04 bits per heavy atom. The van der Waals surface area contributed by atoms with Crippen LogP contribution in [0, 0.1) is 11.6 Å². The number of nitrogens with one attached hydrogen (secondary N) is 1. The van der Waals surface area contributed by atoms with Crippen molar-refractivity contribution in [1.29, 1.82) is 0 Å². The summed E-state index contributed by atoms with van der Waals surface area (Å²) < 4.78 is 54.6. The monoisotopic (exact) mass is 373 g/mol. The van der Waals surface area contributed by atoms with Gasteiger partial charge in [0.15, 0.2) is 10.9 Å². The summed E-state index contributed by atoms with van der Waals surface area (Å²) in [4.78, 5) is 6.23. The summed E-state index contributed by atoms with van der Waals surface area (Å²) in [7, 11) is -3.23. The Bertz CT molecular complexity index is 880. The van der Waals surface area contributed by atoms with Gasteiger partial charge >= 0.3 is 0 Å². The molecule has 1 atom stereocenters. The molecular weight excluding hydrogens is 356 g/mol. The highest BCUT2D eigenvalue weighted by molar-refractivity contribution is 7.90. The number of hydrogen-bond donors (Lipinski definition) is 1. The molecule has 5 nitrogen and oxygen atoms in total. The molecule has 4 rings (SSSR count). The molecular formula is C15H17F2N3O2S2. The fraction of sp³-hybridized carbons (Fsp3) is 0.533. The van der Waals surface area contributed by atoms with Crippen molar-refractivity contribution in [2.45, 2.75) is 37.0 Å². The van der Waals surface area contributed by atoms with Gasteiger partial charge in [-0.25, -0.2) is 26.9 Å². The number of benzene rings is 1. The molecule has 1 saturated carbocycles. The molecule has 2 heterocycles. The van der Waals surface area contributed by atoms with E-state index in [1.54, 1.807) is 0 Å². The second-order valence-corrected chi connectivity index (χ2v) is 9.38. The third kappa shape index (κ3) is 3.12. The zero-order valence-corrected chi connectivity index (χ0v) is 14.5. The lowest BCUT2D eigenvalue weighted by atomic mass is 10.1. The first-order chi connectivity index (χ1) is 11.4. The first kappa shape index (κ1) is 16.2. The van der Waals surface area contributed by atoms with E-state index in [-0.39, 0.29) is 16.8 Å². The van der Waals surface area contributed by atoms with Crippen molar-refractivity contribution >= 4 is 36.7 Å². The maximum absolute atomic E-state index is 13.8. The van der Waals surface area contributed by atoms with Crippen molar-refractivity contribution in [1.82, 2.24) is 9.71 Å². The van der Waals surface area contributed by atoms with Crippen molar-refractivity contribution in [2.75, 3.05) is 18.0 Å². The number of aromatic nitrogens is 1. The van der Waals surface area contributed by atoms with Crippen LogP contribution < -0.4 is 9.62 Å². The second kappa shape index (κ2) is 5.89. The highest BCUT2D eigenvalue weighted by atomic mass is 32.2. The normalized spacial score (nSPS) is 22.2. The number of hydrogen-bond acceptors (Lipinski definition) is 5. The van der Waals surface area contributed by atoms with Crippen LogP contribution in [0.2, 0.25) is 0 Å². The Morgan fingerprint density at radius 3 is 2.79 bits per heavy atom. The molecule has 0 bridgehead atoms. The van der Waals surface area contributed by atoms with Crippen LogP contribution >= 0.6 is 11.3 Å². The lowest BCUT2D eigenvalue weighted by Gasteiger charge is -2.32. The molecule has 9 heteroatoms. The van der Waals surface area contributed by atoms with Gasteiger partial charge in [0.1, 0.15) is 11.3 Å². The van der Waals surface area contributed by atoms with Crippen LogP contribution in [0.4, 0.5) is 13.9 Å². The quantitative estimate of drug-likeness (QED) is 0.895. The Hall–Kier alpha value is -1.32. The van der Waals surface area contributed by atoms with Crippen molar-refractivity contribution in [3.05, 3.63) is 23.8 Å². The van der Waals surface area contributed by atoms with E-state index in [0.29, 0.717) is 16.4 Å². The first-order valence-corrected chi connectivity index (χ1v) is 10.3. The summed E-state index contributed by atoms with van der Waals surface area (Å²) in [5.41, 5.74) is 0.164. The molecule has 1 aromatic heterocycles. The largest absolute Gasteiger partial charge is 0.346 e. The van der Waals surface area contributed by atoms with Gasteiger partial charge in [-0.1, -0.05) is 11.3 Å². The number of halogens is 2.